The molecule has 3 aromatic heterocycles. The number of carbonyl (C=O) groups excluding carboxylic acids is 1. The third-order valence-electron chi connectivity index (χ3n) is 4.33. The van der Waals surface area contributed by atoms with E-state index in [-0.39, 0.29) is 5.91 Å². The van der Waals surface area contributed by atoms with Gasteiger partial charge in [-0.3, -0.25) is 9.20 Å². The number of fused-ring (bicyclic) bond motifs is 1. The van der Waals surface area contributed by atoms with Crippen molar-refractivity contribution < 1.29 is 9.32 Å². The maximum Gasteiger partial charge on any atom is 0.274 e. The van der Waals surface area contributed by atoms with Gasteiger partial charge in [-0.05, 0) is 37.1 Å². The average molecular weight is 361 g/mol. The second-order valence-corrected chi connectivity index (χ2v) is 6.32. The van der Waals surface area contributed by atoms with Crippen molar-refractivity contribution in [2.24, 2.45) is 0 Å². The van der Waals surface area contributed by atoms with Crippen LogP contribution in [0.25, 0.3) is 17.0 Å². The number of aryl methyl sites for hydroxylation is 2. The number of pyridine rings is 1. The number of nitrogens with zero attached hydrogens (tertiary/aromatic N) is 4. The topological polar surface area (TPSA) is 85.3 Å². The van der Waals surface area contributed by atoms with Crippen molar-refractivity contribution in [2.75, 3.05) is 5.32 Å². The molecule has 7 nitrogen and oxygen atoms in total. The molecule has 0 aliphatic heterocycles. The van der Waals surface area contributed by atoms with E-state index in [1.165, 1.54) is 0 Å². The molecule has 0 aliphatic carbocycles. The number of carbonyl (C=O) groups is 1. The van der Waals surface area contributed by atoms with Crippen molar-refractivity contribution in [3.63, 3.8) is 0 Å². The first-order valence-electron chi connectivity index (χ1n) is 8.82. The van der Waals surface area contributed by atoms with E-state index in [9.17, 15) is 4.79 Å². The normalized spacial score (nSPS) is 11.0. The van der Waals surface area contributed by atoms with Gasteiger partial charge in [0.2, 0.25) is 11.7 Å². The quantitative estimate of drug-likeness (QED) is 0.583. The summed E-state index contributed by atoms with van der Waals surface area (Å²) < 4.78 is 7.01. The molecule has 0 aliphatic rings. The molecule has 3 heterocycles. The lowest BCUT2D eigenvalue weighted by atomic mass is 10.1. The molecule has 1 amide bonds. The van der Waals surface area contributed by atoms with Crippen LogP contribution in [0, 0.1) is 6.92 Å². The molecular weight excluding hydrogens is 342 g/mol. The number of rotatable bonds is 5. The van der Waals surface area contributed by atoms with Crippen LogP contribution in [-0.4, -0.2) is 25.4 Å². The van der Waals surface area contributed by atoms with Gasteiger partial charge >= 0.3 is 0 Å². The molecule has 4 rings (SSSR count). The van der Waals surface area contributed by atoms with Gasteiger partial charge in [0.25, 0.3) is 5.91 Å². The van der Waals surface area contributed by atoms with Gasteiger partial charge < -0.3 is 9.84 Å². The van der Waals surface area contributed by atoms with Crippen LogP contribution in [0.15, 0.2) is 53.3 Å². The number of hydrogen-bond acceptors (Lipinski definition) is 5. The molecule has 0 atom stereocenters. The molecule has 0 saturated heterocycles. The average Bonchev–Trinajstić information content (AvgIpc) is 3.31. The van der Waals surface area contributed by atoms with Crippen LogP contribution in [0.1, 0.15) is 35.3 Å². The van der Waals surface area contributed by atoms with Gasteiger partial charge in [0.05, 0.1) is 6.20 Å². The Kier molecular flexibility index (Phi) is 4.42. The van der Waals surface area contributed by atoms with E-state index in [1.807, 2.05) is 49.5 Å². The first-order valence-corrected chi connectivity index (χ1v) is 8.82. The zero-order chi connectivity index (χ0) is 18.8. The minimum absolute atomic E-state index is 0.228. The van der Waals surface area contributed by atoms with Crippen molar-refractivity contribution in [3.05, 3.63) is 65.9 Å². The highest BCUT2D eigenvalue weighted by atomic mass is 16.5. The maximum atomic E-state index is 12.8. The lowest BCUT2D eigenvalue weighted by Gasteiger charge is -2.09. The monoisotopic (exact) mass is 361 g/mol. The van der Waals surface area contributed by atoms with E-state index in [1.54, 1.807) is 10.6 Å². The van der Waals surface area contributed by atoms with Crippen LogP contribution in [0.5, 0.6) is 0 Å². The van der Waals surface area contributed by atoms with E-state index in [0.29, 0.717) is 23.1 Å². The molecule has 1 aromatic carbocycles. The fourth-order valence-electron chi connectivity index (χ4n) is 2.87. The minimum Gasteiger partial charge on any atom is -0.339 e. The number of hydrogen-bond donors (Lipinski definition) is 1. The van der Waals surface area contributed by atoms with Crippen molar-refractivity contribution in [3.8, 4) is 11.4 Å². The Bertz CT molecular complexity index is 1110. The van der Waals surface area contributed by atoms with Gasteiger partial charge in [0.1, 0.15) is 11.3 Å². The van der Waals surface area contributed by atoms with E-state index >= 15 is 0 Å². The number of benzene rings is 1. The highest BCUT2D eigenvalue weighted by Gasteiger charge is 2.15. The van der Waals surface area contributed by atoms with Crippen molar-refractivity contribution in [2.45, 2.75) is 26.7 Å². The zero-order valence-corrected chi connectivity index (χ0v) is 15.1. The molecule has 0 saturated carbocycles. The Morgan fingerprint density at radius 3 is 3.00 bits per heavy atom. The predicted octanol–water partition coefficient (Wildman–Crippen LogP) is 3.90. The van der Waals surface area contributed by atoms with Crippen molar-refractivity contribution in [1.82, 2.24) is 19.5 Å². The maximum absolute atomic E-state index is 12.8. The number of imidazole rings is 1. The van der Waals surface area contributed by atoms with Crippen LogP contribution in [0.3, 0.4) is 0 Å². The number of amides is 1. The number of nitrogens with one attached hydrogen (secondary N) is 1. The van der Waals surface area contributed by atoms with Gasteiger partial charge in [-0.2, -0.15) is 4.98 Å². The van der Waals surface area contributed by atoms with Crippen LogP contribution >= 0.6 is 0 Å². The fourth-order valence-corrected chi connectivity index (χ4v) is 2.87. The second-order valence-electron chi connectivity index (χ2n) is 6.32. The van der Waals surface area contributed by atoms with Crippen LogP contribution in [0.2, 0.25) is 0 Å². The Hall–Kier alpha value is -3.48. The third kappa shape index (κ3) is 3.31. The molecule has 4 aromatic rings. The van der Waals surface area contributed by atoms with E-state index in [2.05, 4.69) is 27.4 Å². The number of anilines is 1. The summed E-state index contributed by atoms with van der Waals surface area (Å²) in [6.07, 6.45) is 5.07. The lowest BCUT2D eigenvalue weighted by Crippen LogP contribution is -2.15. The number of aromatic nitrogens is 4. The largest absolute Gasteiger partial charge is 0.339 e. The smallest absolute Gasteiger partial charge is 0.274 e. The van der Waals surface area contributed by atoms with Gasteiger partial charge in [0.15, 0.2) is 0 Å². The first-order chi connectivity index (χ1) is 13.2. The molecule has 7 heteroatoms. The fraction of sp³-hybridized carbons (Fsp3) is 0.200. The first kappa shape index (κ1) is 17.0. The van der Waals surface area contributed by atoms with Gasteiger partial charge in [-0.1, -0.05) is 30.3 Å². The molecule has 0 unspecified atom stereocenters. The lowest BCUT2D eigenvalue weighted by molar-refractivity contribution is 0.102. The highest BCUT2D eigenvalue weighted by molar-refractivity contribution is 6.04. The summed E-state index contributed by atoms with van der Waals surface area (Å²) in [5.74, 6) is 0.905. The summed E-state index contributed by atoms with van der Waals surface area (Å²) in [7, 11) is 0. The second kappa shape index (κ2) is 7.03. The Labute approximate surface area is 156 Å². The summed E-state index contributed by atoms with van der Waals surface area (Å²) in [5, 5.41) is 6.99. The molecule has 27 heavy (non-hydrogen) atoms. The van der Waals surface area contributed by atoms with E-state index in [4.69, 9.17) is 4.52 Å². The predicted molar refractivity (Wildman–Crippen MR) is 102 cm³/mol. The summed E-state index contributed by atoms with van der Waals surface area (Å²) in [5.41, 5.74) is 3.63. The Morgan fingerprint density at radius 2 is 2.15 bits per heavy atom. The summed E-state index contributed by atoms with van der Waals surface area (Å²) in [4.78, 5) is 21.4. The van der Waals surface area contributed by atoms with Gasteiger partial charge in [-0.25, -0.2) is 4.98 Å². The molecule has 0 fully saturated rings. The molecule has 0 radical (unpaired) electrons. The van der Waals surface area contributed by atoms with Crippen LogP contribution in [-0.2, 0) is 6.42 Å². The molecule has 136 valence electrons. The van der Waals surface area contributed by atoms with Crippen LogP contribution in [0.4, 0.5) is 5.69 Å². The summed E-state index contributed by atoms with van der Waals surface area (Å²) >= 11 is 0. The molecular formula is C20H19N5O2. The molecule has 0 spiro atoms. The van der Waals surface area contributed by atoms with E-state index in [0.717, 1.165) is 29.6 Å². The summed E-state index contributed by atoms with van der Waals surface area (Å²) in [6, 6.07) is 11.3. The van der Waals surface area contributed by atoms with Crippen LogP contribution < -0.4 is 5.32 Å². The summed E-state index contributed by atoms with van der Waals surface area (Å²) in [6.45, 7) is 4.00. The van der Waals surface area contributed by atoms with Crippen molar-refractivity contribution in [1.29, 1.82) is 0 Å². The Balaban J connectivity index is 1.62. The van der Waals surface area contributed by atoms with Gasteiger partial charge in [0, 0.05) is 23.9 Å². The third-order valence-corrected chi connectivity index (χ3v) is 4.33. The standard InChI is InChI=1S/C20H19N5O2/c1-3-6-18-23-19(24-27-18)14-9-8-13(2)15(11-14)22-20(26)16-12-21-17-7-4-5-10-25(16)17/h4-5,7-12H,3,6H2,1-2H3,(H,22,26). The minimum atomic E-state index is -0.228. The van der Waals surface area contributed by atoms with Gasteiger partial charge in [-0.15, -0.1) is 0 Å². The highest BCUT2D eigenvalue weighted by Crippen LogP contribution is 2.24. The van der Waals surface area contributed by atoms with Crippen molar-refractivity contribution >= 4 is 17.2 Å². The SMILES string of the molecule is CCCc1nc(-c2ccc(C)c(NC(=O)c3cnc4ccccn34)c2)no1. The Morgan fingerprint density at radius 1 is 1.26 bits per heavy atom. The molecule has 1 N–H and O–H groups in total. The zero-order valence-electron chi connectivity index (χ0n) is 15.1. The molecule has 0 bridgehead atoms. The van der Waals surface area contributed by atoms with E-state index < -0.39 is 0 Å².